The molecule has 1 fully saturated rings. The fraction of sp³-hybridized carbons (Fsp3) is 0.312. The van der Waals surface area contributed by atoms with Crippen LogP contribution in [0.4, 0.5) is 5.82 Å². The van der Waals surface area contributed by atoms with E-state index in [1.807, 2.05) is 11.9 Å². The number of pyridine rings is 1. The maximum absolute atomic E-state index is 13.0. The summed E-state index contributed by atoms with van der Waals surface area (Å²) in [6.45, 7) is 2.98. The Labute approximate surface area is 162 Å². The molecule has 0 radical (unpaired) electrons. The normalized spacial score (nSPS) is 16.2. The molecule has 1 aliphatic heterocycles. The van der Waals surface area contributed by atoms with Crippen molar-refractivity contribution >= 4 is 50.5 Å². The summed E-state index contributed by atoms with van der Waals surface area (Å²) in [5, 5.41) is -0.231. The number of benzene rings is 1. The molecule has 0 N–H and O–H groups in total. The smallest absolute Gasteiger partial charge is 0.209 e. The highest BCUT2D eigenvalue weighted by molar-refractivity contribution is 7.91. The first-order chi connectivity index (χ1) is 11.8. The average molecular weight is 421 g/mol. The maximum Gasteiger partial charge on any atom is 0.209 e. The van der Waals surface area contributed by atoms with Crippen molar-refractivity contribution in [1.82, 2.24) is 9.88 Å². The van der Waals surface area contributed by atoms with E-state index in [-0.39, 0.29) is 25.0 Å². The lowest BCUT2D eigenvalue weighted by molar-refractivity contribution is 0.312. The minimum Gasteiger partial charge on any atom is -0.353 e. The SMILES string of the molecule is CN1CCN(c2nc(Cl)c(Cl)c(S(=O)(=O)c3ccccc3)c2Cl)CC1. The number of anilines is 1. The van der Waals surface area contributed by atoms with Crippen molar-refractivity contribution in [3.05, 3.63) is 45.5 Å². The molecule has 1 aromatic heterocycles. The molecule has 0 saturated carbocycles. The fourth-order valence-corrected chi connectivity index (χ4v) is 5.36. The van der Waals surface area contributed by atoms with Crippen LogP contribution in [0, 0.1) is 0 Å². The van der Waals surface area contributed by atoms with Crippen molar-refractivity contribution < 1.29 is 8.42 Å². The van der Waals surface area contributed by atoms with Crippen molar-refractivity contribution in [2.75, 3.05) is 38.1 Å². The molecule has 1 aliphatic rings. The molecule has 2 heterocycles. The second kappa shape index (κ2) is 7.29. The van der Waals surface area contributed by atoms with Crippen LogP contribution in [0.1, 0.15) is 0 Å². The Morgan fingerprint density at radius 2 is 1.56 bits per heavy atom. The Hall–Kier alpha value is -1.05. The number of rotatable bonds is 3. The van der Waals surface area contributed by atoms with E-state index < -0.39 is 9.84 Å². The van der Waals surface area contributed by atoms with Crippen LogP contribution >= 0.6 is 34.8 Å². The minimum atomic E-state index is -3.92. The summed E-state index contributed by atoms with van der Waals surface area (Å²) in [6, 6.07) is 7.99. The maximum atomic E-state index is 13.0. The summed E-state index contributed by atoms with van der Waals surface area (Å²) < 4.78 is 26.1. The first kappa shape index (κ1) is 18.7. The third-order valence-corrected chi connectivity index (χ3v) is 7.26. The molecule has 0 bridgehead atoms. The van der Waals surface area contributed by atoms with Crippen LogP contribution in [-0.2, 0) is 9.84 Å². The van der Waals surface area contributed by atoms with Crippen LogP contribution in [0.3, 0.4) is 0 Å². The van der Waals surface area contributed by atoms with Crippen molar-refractivity contribution in [3.63, 3.8) is 0 Å². The monoisotopic (exact) mass is 419 g/mol. The molecule has 1 aromatic carbocycles. The van der Waals surface area contributed by atoms with Gasteiger partial charge in [-0.1, -0.05) is 53.0 Å². The van der Waals surface area contributed by atoms with Gasteiger partial charge in [0.25, 0.3) is 0 Å². The predicted molar refractivity (Wildman–Crippen MR) is 101 cm³/mol. The summed E-state index contributed by atoms with van der Waals surface area (Å²) in [7, 11) is -1.90. The first-order valence-electron chi connectivity index (χ1n) is 7.60. The zero-order valence-corrected chi connectivity index (χ0v) is 16.5. The molecule has 5 nitrogen and oxygen atoms in total. The van der Waals surface area contributed by atoms with Gasteiger partial charge in [-0.2, -0.15) is 0 Å². The standard InChI is InChI=1S/C16H16Cl3N3O2S/c1-21-7-9-22(10-8-21)16-13(18)14(12(17)15(19)20-16)25(23,24)11-5-3-2-4-6-11/h2-6H,7-10H2,1H3. The van der Waals surface area contributed by atoms with Gasteiger partial charge in [-0.25, -0.2) is 13.4 Å². The van der Waals surface area contributed by atoms with E-state index in [0.29, 0.717) is 18.9 Å². The summed E-state index contributed by atoms with van der Waals surface area (Å²) in [5.74, 6) is 0.346. The van der Waals surface area contributed by atoms with Gasteiger partial charge in [0.15, 0.2) is 11.0 Å². The quantitative estimate of drug-likeness (QED) is 0.710. The van der Waals surface area contributed by atoms with Crippen molar-refractivity contribution in [3.8, 4) is 0 Å². The van der Waals surface area contributed by atoms with E-state index in [1.165, 1.54) is 12.1 Å². The van der Waals surface area contributed by atoms with E-state index in [2.05, 4.69) is 9.88 Å². The fourth-order valence-electron chi connectivity index (χ4n) is 2.66. The zero-order chi connectivity index (χ0) is 18.2. The molecule has 25 heavy (non-hydrogen) atoms. The van der Waals surface area contributed by atoms with Crippen molar-refractivity contribution in [2.24, 2.45) is 0 Å². The van der Waals surface area contributed by atoms with Crippen LogP contribution in [0.15, 0.2) is 40.1 Å². The predicted octanol–water partition coefficient (Wildman–Crippen LogP) is 3.63. The summed E-state index contributed by atoms with van der Waals surface area (Å²) in [4.78, 5) is 8.23. The number of hydrogen-bond acceptors (Lipinski definition) is 5. The van der Waals surface area contributed by atoms with Gasteiger partial charge < -0.3 is 9.80 Å². The number of hydrogen-bond donors (Lipinski definition) is 0. The van der Waals surface area contributed by atoms with Gasteiger partial charge in [-0.05, 0) is 19.2 Å². The lowest BCUT2D eigenvalue weighted by Crippen LogP contribution is -2.45. The van der Waals surface area contributed by atoms with Gasteiger partial charge in [0, 0.05) is 26.2 Å². The van der Waals surface area contributed by atoms with Gasteiger partial charge in [0.2, 0.25) is 9.84 Å². The van der Waals surface area contributed by atoms with Crippen molar-refractivity contribution in [2.45, 2.75) is 9.79 Å². The molecule has 0 atom stereocenters. The average Bonchev–Trinajstić information content (AvgIpc) is 2.60. The molecule has 3 rings (SSSR count). The second-order valence-electron chi connectivity index (χ2n) is 5.79. The molecule has 2 aromatic rings. The molecule has 0 spiro atoms. The van der Waals surface area contributed by atoms with Gasteiger partial charge in [-0.3, -0.25) is 0 Å². The van der Waals surface area contributed by atoms with E-state index in [4.69, 9.17) is 34.8 Å². The Balaban J connectivity index is 2.14. The number of aromatic nitrogens is 1. The van der Waals surface area contributed by atoms with E-state index in [9.17, 15) is 8.42 Å². The lowest BCUT2D eigenvalue weighted by atomic mass is 10.3. The Bertz CT molecular complexity index is 883. The number of sulfone groups is 1. The summed E-state index contributed by atoms with van der Waals surface area (Å²) >= 11 is 18.8. The Morgan fingerprint density at radius 1 is 0.960 bits per heavy atom. The Kier molecular flexibility index (Phi) is 5.46. The third-order valence-electron chi connectivity index (χ3n) is 4.11. The highest BCUT2D eigenvalue weighted by atomic mass is 35.5. The van der Waals surface area contributed by atoms with Crippen LogP contribution < -0.4 is 4.90 Å². The molecule has 0 aliphatic carbocycles. The molecule has 0 amide bonds. The molecule has 9 heteroatoms. The van der Waals surface area contributed by atoms with Gasteiger partial charge >= 0.3 is 0 Å². The van der Waals surface area contributed by atoms with Crippen LogP contribution in [0.2, 0.25) is 15.2 Å². The van der Waals surface area contributed by atoms with E-state index >= 15 is 0 Å². The van der Waals surface area contributed by atoms with Gasteiger partial charge in [-0.15, -0.1) is 0 Å². The largest absolute Gasteiger partial charge is 0.353 e. The van der Waals surface area contributed by atoms with Crippen LogP contribution in [0.25, 0.3) is 0 Å². The van der Waals surface area contributed by atoms with E-state index in [0.717, 1.165) is 13.1 Å². The number of halogens is 3. The third kappa shape index (κ3) is 3.59. The Morgan fingerprint density at radius 3 is 2.16 bits per heavy atom. The molecule has 134 valence electrons. The highest BCUT2D eigenvalue weighted by Gasteiger charge is 2.31. The molecule has 0 unspecified atom stereocenters. The molecular weight excluding hydrogens is 405 g/mol. The molecule has 1 saturated heterocycles. The highest BCUT2D eigenvalue weighted by Crippen LogP contribution is 2.41. The summed E-state index contributed by atoms with van der Waals surface area (Å²) in [6.07, 6.45) is 0. The van der Waals surface area contributed by atoms with Gasteiger partial charge in [0.05, 0.1) is 9.92 Å². The second-order valence-corrected chi connectivity index (χ2v) is 8.79. The lowest BCUT2D eigenvalue weighted by Gasteiger charge is -2.34. The van der Waals surface area contributed by atoms with Gasteiger partial charge in [0.1, 0.15) is 9.92 Å². The topological polar surface area (TPSA) is 53.5 Å². The number of piperazine rings is 1. The number of nitrogens with zero attached hydrogens (tertiary/aromatic N) is 3. The first-order valence-corrected chi connectivity index (χ1v) is 10.2. The van der Waals surface area contributed by atoms with Crippen molar-refractivity contribution in [1.29, 1.82) is 0 Å². The van der Waals surface area contributed by atoms with Crippen LogP contribution in [0.5, 0.6) is 0 Å². The zero-order valence-electron chi connectivity index (χ0n) is 13.4. The van der Waals surface area contributed by atoms with Crippen LogP contribution in [-0.4, -0.2) is 51.5 Å². The minimum absolute atomic E-state index is 0.00260. The number of likely N-dealkylation sites (N-methyl/N-ethyl adjacent to an activating group) is 1. The van der Waals surface area contributed by atoms with E-state index in [1.54, 1.807) is 18.2 Å². The summed E-state index contributed by atoms with van der Waals surface area (Å²) in [5.41, 5.74) is 0. The molecular formula is C16H16Cl3N3O2S.